The van der Waals surface area contributed by atoms with Crippen LogP contribution in [-0.2, 0) is 6.42 Å². The first kappa shape index (κ1) is 29.7. The molecule has 226 valence electrons. The minimum Gasteiger partial charge on any atom is -0.378 e. The molecule has 0 aliphatic carbocycles. The van der Waals surface area contributed by atoms with Crippen molar-refractivity contribution >= 4 is 52.1 Å². The lowest BCUT2D eigenvalue weighted by atomic mass is 9.92. The maximum absolute atomic E-state index is 5.35. The first-order chi connectivity index (χ1) is 21.5. The van der Waals surface area contributed by atoms with Gasteiger partial charge in [-0.15, -0.1) is 0 Å². The fourth-order valence-corrected chi connectivity index (χ4v) is 6.56. The predicted molar refractivity (Wildman–Crippen MR) is 190 cm³/mol. The molecular weight excluding hydrogens is 538 g/mol. The Balaban J connectivity index is 1.69. The summed E-state index contributed by atoms with van der Waals surface area (Å²) in [5.41, 5.74) is 14.4. The Morgan fingerprint density at radius 2 is 1.27 bits per heavy atom. The molecule has 0 unspecified atom stereocenters. The molecule has 0 saturated heterocycles. The van der Waals surface area contributed by atoms with Crippen LogP contribution in [-0.4, -0.2) is 34.0 Å². The maximum Gasteiger partial charge on any atom is 0.0737 e. The second-order valence-electron chi connectivity index (χ2n) is 12.3. The van der Waals surface area contributed by atoms with Crippen molar-refractivity contribution in [2.24, 2.45) is 0 Å². The summed E-state index contributed by atoms with van der Waals surface area (Å²) in [5, 5.41) is 0. The van der Waals surface area contributed by atoms with E-state index in [0.29, 0.717) is 5.92 Å². The van der Waals surface area contributed by atoms with Gasteiger partial charge in [0.2, 0.25) is 0 Å². The second-order valence-corrected chi connectivity index (χ2v) is 12.3. The predicted octanol–water partition coefficient (Wildman–Crippen LogP) is 10.4. The molecule has 5 heterocycles. The monoisotopic (exact) mass is 583 g/mol. The molecule has 1 aromatic carbocycles. The van der Waals surface area contributed by atoms with E-state index >= 15 is 0 Å². The summed E-state index contributed by atoms with van der Waals surface area (Å²) in [6.07, 6.45) is 16.7. The van der Waals surface area contributed by atoms with Gasteiger partial charge < -0.3 is 14.9 Å². The molecule has 0 amide bonds. The van der Waals surface area contributed by atoms with Gasteiger partial charge in [0.05, 0.1) is 22.8 Å². The van der Waals surface area contributed by atoms with Gasteiger partial charge in [0.15, 0.2) is 0 Å². The van der Waals surface area contributed by atoms with Crippen LogP contribution in [0.1, 0.15) is 99.1 Å². The van der Waals surface area contributed by atoms with E-state index < -0.39 is 0 Å². The average Bonchev–Trinajstić information content (AvgIpc) is 3.85. The minimum absolute atomic E-state index is 0.400. The van der Waals surface area contributed by atoms with Crippen molar-refractivity contribution in [1.29, 1.82) is 0 Å². The Hall–Kier alpha value is -4.38. The van der Waals surface area contributed by atoms with E-state index in [1.165, 1.54) is 36.1 Å². The first-order valence-corrected chi connectivity index (χ1v) is 16.4. The summed E-state index contributed by atoms with van der Waals surface area (Å²) in [6.45, 7) is 6.81. The number of aryl methyl sites for hydroxylation is 1. The summed E-state index contributed by atoms with van der Waals surface area (Å²) in [6, 6.07) is 19.8. The van der Waals surface area contributed by atoms with Crippen LogP contribution in [0.25, 0.3) is 57.5 Å². The van der Waals surface area contributed by atoms with E-state index in [-0.39, 0.29) is 0 Å². The fraction of sp³-hybridized carbons (Fsp3) is 0.333. The zero-order valence-corrected chi connectivity index (χ0v) is 26.9. The molecule has 8 bridgehead atoms. The number of unbranched alkanes of at least 4 members (excludes halogenated alkanes) is 3. The molecule has 0 saturated carbocycles. The van der Waals surface area contributed by atoms with Crippen LogP contribution in [0.3, 0.4) is 0 Å². The maximum atomic E-state index is 5.35. The van der Waals surface area contributed by atoms with Gasteiger partial charge in [-0.05, 0) is 104 Å². The Labute approximate surface area is 261 Å². The van der Waals surface area contributed by atoms with Crippen LogP contribution in [0.5, 0.6) is 0 Å². The average molecular weight is 584 g/mol. The first-order valence-electron chi connectivity index (χ1n) is 16.4. The fourth-order valence-electron chi connectivity index (χ4n) is 6.56. The minimum atomic E-state index is 0.400. The molecule has 6 rings (SSSR count). The lowest BCUT2D eigenvalue weighted by Gasteiger charge is -2.14. The highest BCUT2D eigenvalue weighted by Gasteiger charge is 2.20. The van der Waals surface area contributed by atoms with Gasteiger partial charge in [-0.25, -0.2) is 9.97 Å². The number of anilines is 1. The number of benzene rings is 1. The van der Waals surface area contributed by atoms with Gasteiger partial charge in [0, 0.05) is 58.5 Å². The van der Waals surface area contributed by atoms with E-state index in [2.05, 4.69) is 129 Å². The van der Waals surface area contributed by atoms with Crippen LogP contribution in [0.4, 0.5) is 5.69 Å². The lowest BCUT2D eigenvalue weighted by molar-refractivity contribution is 0.642. The largest absolute Gasteiger partial charge is 0.378 e. The van der Waals surface area contributed by atoms with Crippen molar-refractivity contribution in [3.63, 3.8) is 0 Å². The number of aromatic amines is 2. The normalized spacial score (nSPS) is 12.4. The molecule has 0 atom stereocenters. The molecular formula is C39H45N5. The topological polar surface area (TPSA) is 60.6 Å². The van der Waals surface area contributed by atoms with Crippen LogP contribution in [0, 0.1) is 0 Å². The molecule has 0 spiro atoms. The molecule has 2 N–H and O–H groups in total. The van der Waals surface area contributed by atoms with Gasteiger partial charge in [-0.3, -0.25) is 0 Å². The third kappa shape index (κ3) is 6.01. The molecule has 0 radical (unpaired) electrons. The highest BCUT2D eigenvalue weighted by molar-refractivity contribution is 5.90. The Morgan fingerprint density at radius 1 is 0.659 bits per heavy atom. The summed E-state index contributed by atoms with van der Waals surface area (Å²) < 4.78 is 0. The van der Waals surface area contributed by atoms with Gasteiger partial charge >= 0.3 is 0 Å². The number of fused-ring (bicyclic) bond motifs is 8. The van der Waals surface area contributed by atoms with Gasteiger partial charge in [0.25, 0.3) is 0 Å². The van der Waals surface area contributed by atoms with Gasteiger partial charge in [-0.1, -0.05) is 52.2 Å². The number of nitrogens with zero attached hydrogens (tertiary/aromatic N) is 3. The highest BCUT2D eigenvalue weighted by Crippen LogP contribution is 2.36. The number of aromatic nitrogens is 4. The molecule has 2 aliphatic rings. The smallest absolute Gasteiger partial charge is 0.0737 e. The SMILES string of the molecule is CCCCCCc1c2nc(c(-c3ccc(N(C)C)cc3)c3nc(c(C(CC)CC)c4ccc(cc5ccc1[nH]5)[nH]4)C=C3)C=C2. The quantitative estimate of drug-likeness (QED) is 0.158. The van der Waals surface area contributed by atoms with Crippen molar-refractivity contribution in [3.05, 3.63) is 88.5 Å². The molecule has 4 aromatic rings. The number of rotatable bonds is 10. The summed E-state index contributed by atoms with van der Waals surface area (Å²) in [5.74, 6) is 0.400. The van der Waals surface area contributed by atoms with Gasteiger partial charge in [0.1, 0.15) is 0 Å². The number of hydrogen-bond donors (Lipinski definition) is 2. The molecule has 2 aliphatic heterocycles. The van der Waals surface area contributed by atoms with E-state index in [9.17, 15) is 0 Å². The Bertz CT molecular complexity index is 1850. The van der Waals surface area contributed by atoms with Crippen molar-refractivity contribution < 1.29 is 0 Å². The van der Waals surface area contributed by atoms with Crippen molar-refractivity contribution in [1.82, 2.24) is 19.9 Å². The summed E-state index contributed by atoms with van der Waals surface area (Å²) in [7, 11) is 4.15. The van der Waals surface area contributed by atoms with Crippen LogP contribution in [0.2, 0.25) is 0 Å². The molecule has 5 heteroatoms. The molecule has 0 fully saturated rings. The number of hydrogen-bond acceptors (Lipinski definition) is 3. The highest BCUT2D eigenvalue weighted by atomic mass is 15.1. The van der Waals surface area contributed by atoms with Crippen LogP contribution < -0.4 is 4.90 Å². The van der Waals surface area contributed by atoms with E-state index in [1.807, 2.05) is 0 Å². The second kappa shape index (κ2) is 13.1. The van der Waals surface area contributed by atoms with Crippen LogP contribution >= 0.6 is 0 Å². The standard InChI is InChI=1S/C39H45N5/c1-6-9-10-11-12-31-32-19-15-28(40-32)25-29-16-20-34(41-29)38(26(7-2)8-3)35-23-24-37(43-35)39(36-22-21-33(31)42-36)27-13-17-30(18-14-27)44(4)5/h13-26,40-41H,6-12H2,1-5H3. The lowest BCUT2D eigenvalue weighted by Crippen LogP contribution is -2.08. The molecule has 44 heavy (non-hydrogen) atoms. The summed E-state index contributed by atoms with van der Waals surface area (Å²) >= 11 is 0. The summed E-state index contributed by atoms with van der Waals surface area (Å²) in [4.78, 5) is 20.3. The van der Waals surface area contributed by atoms with E-state index in [1.54, 1.807) is 0 Å². The molecule has 3 aromatic heterocycles. The van der Waals surface area contributed by atoms with Crippen molar-refractivity contribution in [2.45, 2.75) is 71.6 Å². The third-order valence-corrected chi connectivity index (χ3v) is 9.07. The zero-order chi connectivity index (χ0) is 30.6. The Morgan fingerprint density at radius 3 is 1.93 bits per heavy atom. The number of H-pyrrole nitrogens is 2. The van der Waals surface area contributed by atoms with Crippen LogP contribution in [0.15, 0.2) is 54.6 Å². The van der Waals surface area contributed by atoms with E-state index in [4.69, 9.17) is 9.97 Å². The van der Waals surface area contributed by atoms with Crippen molar-refractivity contribution in [2.75, 3.05) is 19.0 Å². The third-order valence-electron chi connectivity index (χ3n) is 9.07. The van der Waals surface area contributed by atoms with E-state index in [0.717, 1.165) is 81.7 Å². The number of nitrogens with one attached hydrogen (secondary N) is 2. The zero-order valence-electron chi connectivity index (χ0n) is 26.9. The Kier molecular flexibility index (Phi) is 8.83. The van der Waals surface area contributed by atoms with Gasteiger partial charge in [-0.2, -0.15) is 0 Å². The molecule has 5 nitrogen and oxygen atoms in total. The van der Waals surface area contributed by atoms with Crippen molar-refractivity contribution in [3.8, 4) is 11.1 Å².